The van der Waals surface area contributed by atoms with E-state index >= 15 is 0 Å². The van der Waals surface area contributed by atoms with Gasteiger partial charge in [-0.1, -0.05) is 6.07 Å². The lowest BCUT2D eigenvalue weighted by Crippen LogP contribution is -2.48. The minimum absolute atomic E-state index is 0.0308. The van der Waals surface area contributed by atoms with Gasteiger partial charge in [-0.15, -0.1) is 0 Å². The van der Waals surface area contributed by atoms with Gasteiger partial charge in [0, 0.05) is 25.2 Å². The third-order valence-electron chi connectivity index (χ3n) is 3.17. The molecule has 1 amide bonds. The summed E-state index contributed by atoms with van der Waals surface area (Å²) in [5, 5.41) is 3.07. The van der Waals surface area contributed by atoms with Crippen molar-refractivity contribution in [3.8, 4) is 5.75 Å². The topological polar surface area (TPSA) is 50.8 Å². The van der Waals surface area contributed by atoms with E-state index in [0.29, 0.717) is 31.0 Å². The number of hydrogen-bond acceptors (Lipinski definition) is 4. The monoisotopic (exact) mass is 264 g/mol. The Balaban J connectivity index is 2.05. The predicted octanol–water partition coefficient (Wildman–Crippen LogP) is 0.756. The molecule has 19 heavy (non-hydrogen) atoms. The van der Waals surface area contributed by atoms with Gasteiger partial charge in [0.15, 0.2) is 0 Å². The highest BCUT2D eigenvalue weighted by Crippen LogP contribution is 2.16. The Kier molecular flexibility index (Phi) is 4.76. The molecule has 2 rings (SSSR count). The minimum atomic E-state index is 0.0308. The van der Waals surface area contributed by atoms with E-state index in [9.17, 15) is 4.79 Å². The molecule has 1 aromatic rings. The number of hydrogen-bond donors (Lipinski definition) is 1. The molecule has 1 saturated heterocycles. The van der Waals surface area contributed by atoms with E-state index < -0.39 is 0 Å². The Morgan fingerprint density at radius 1 is 1.58 bits per heavy atom. The highest BCUT2D eigenvalue weighted by atomic mass is 16.5. The van der Waals surface area contributed by atoms with Gasteiger partial charge in [0.25, 0.3) is 5.91 Å². The molecule has 5 nitrogen and oxygen atoms in total. The molecule has 0 aliphatic carbocycles. The van der Waals surface area contributed by atoms with Crippen molar-refractivity contribution < 1.29 is 14.3 Å². The van der Waals surface area contributed by atoms with E-state index in [-0.39, 0.29) is 12.0 Å². The number of methoxy groups -OCH3 is 1. The van der Waals surface area contributed by atoms with Gasteiger partial charge in [-0.3, -0.25) is 4.79 Å². The number of morpholine rings is 1. The van der Waals surface area contributed by atoms with Gasteiger partial charge in [-0.05, 0) is 25.2 Å². The molecular weight excluding hydrogens is 244 g/mol. The number of rotatable bonds is 4. The van der Waals surface area contributed by atoms with Crippen molar-refractivity contribution in [3.05, 3.63) is 29.8 Å². The van der Waals surface area contributed by atoms with Crippen molar-refractivity contribution in [2.45, 2.75) is 6.10 Å². The minimum Gasteiger partial charge on any atom is -0.497 e. The molecule has 1 fully saturated rings. The van der Waals surface area contributed by atoms with E-state index in [1.165, 1.54) is 0 Å². The summed E-state index contributed by atoms with van der Waals surface area (Å²) in [6.45, 7) is 2.59. The molecule has 1 N–H and O–H groups in total. The lowest BCUT2D eigenvalue weighted by atomic mass is 10.1. The van der Waals surface area contributed by atoms with Crippen LogP contribution in [0.25, 0.3) is 0 Å². The van der Waals surface area contributed by atoms with Gasteiger partial charge >= 0.3 is 0 Å². The number of nitrogens with one attached hydrogen (secondary N) is 1. The van der Waals surface area contributed by atoms with Gasteiger partial charge in [-0.25, -0.2) is 0 Å². The van der Waals surface area contributed by atoms with Crippen LogP contribution in [0.5, 0.6) is 5.75 Å². The average Bonchev–Trinajstić information content (AvgIpc) is 2.47. The normalized spacial score (nSPS) is 19.3. The third-order valence-corrected chi connectivity index (χ3v) is 3.17. The second kappa shape index (κ2) is 6.54. The molecular formula is C14H20N2O3. The number of likely N-dealkylation sites (N-methyl/N-ethyl adjacent to an activating group) is 1. The quantitative estimate of drug-likeness (QED) is 0.872. The summed E-state index contributed by atoms with van der Waals surface area (Å²) in [4.78, 5) is 14.2. The molecule has 1 aliphatic rings. The maximum Gasteiger partial charge on any atom is 0.254 e. The van der Waals surface area contributed by atoms with E-state index in [0.717, 1.165) is 6.54 Å². The van der Waals surface area contributed by atoms with E-state index in [1.54, 1.807) is 13.2 Å². The van der Waals surface area contributed by atoms with Crippen molar-refractivity contribution in [1.29, 1.82) is 0 Å². The zero-order chi connectivity index (χ0) is 13.7. The Bertz CT molecular complexity index is 434. The van der Waals surface area contributed by atoms with Crippen molar-refractivity contribution in [2.75, 3.05) is 40.4 Å². The van der Waals surface area contributed by atoms with Gasteiger partial charge < -0.3 is 19.7 Å². The van der Waals surface area contributed by atoms with Crippen LogP contribution in [0.15, 0.2) is 24.3 Å². The number of amides is 1. The van der Waals surface area contributed by atoms with Crippen LogP contribution in [0.2, 0.25) is 0 Å². The first-order valence-corrected chi connectivity index (χ1v) is 6.44. The summed E-state index contributed by atoms with van der Waals surface area (Å²) in [6, 6.07) is 7.25. The van der Waals surface area contributed by atoms with Crippen molar-refractivity contribution >= 4 is 5.91 Å². The van der Waals surface area contributed by atoms with Crippen LogP contribution in [0.4, 0.5) is 0 Å². The number of ether oxygens (including phenoxy) is 2. The summed E-state index contributed by atoms with van der Waals surface area (Å²) < 4.78 is 10.7. The summed E-state index contributed by atoms with van der Waals surface area (Å²) in [6.07, 6.45) is 0.0632. The Labute approximate surface area is 113 Å². The summed E-state index contributed by atoms with van der Waals surface area (Å²) in [5.74, 6) is 0.731. The highest BCUT2D eigenvalue weighted by Gasteiger charge is 2.24. The number of carbonyl (C=O) groups is 1. The third kappa shape index (κ3) is 3.45. The molecule has 0 radical (unpaired) electrons. The molecule has 5 heteroatoms. The zero-order valence-corrected chi connectivity index (χ0v) is 11.4. The summed E-state index contributed by atoms with van der Waals surface area (Å²) in [7, 11) is 3.48. The van der Waals surface area contributed by atoms with Crippen LogP contribution < -0.4 is 10.1 Å². The van der Waals surface area contributed by atoms with E-state index in [1.807, 2.05) is 30.1 Å². The molecule has 1 atom stereocenters. The number of nitrogens with zero attached hydrogens (tertiary/aromatic N) is 1. The van der Waals surface area contributed by atoms with Crippen LogP contribution in [-0.4, -0.2) is 57.3 Å². The lowest BCUT2D eigenvalue weighted by Gasteiger charge is -2.33. The van der Waals surface area contributed by atoms with Crippen molar-refractivity contribution in [1.82, 2.24) is 10.2 Å². The van der Waals surface area contributed by atoms with Gasteiger partial charge in [0.2, 0.25) is 0 Å². The Hall–Kier alpha value is -1.59. The Morgan fingerprint density at radius 2 is 2.42 bits per heavy atom. The van der Waals surface area contributed by atoms with E-state index in [2.05, 4.69) is 5.32 Å². The second-order valence-electron chi connectivity index (χ2n) is 4.53. The molecule has 1 heterocycles. The highest BCUT2D eigenvalue weighted by molar-refractivity contribution is 5.94. The van der Waals surface area contributed by atoms with Gasteiger partial charge in [0.05, 0.1) is 19.8 Å². The first-order valence-electron chi connectivity index (χ1n) is 6.44. The molecule has 1 aliphatic heterocycles. The smallest absolute Gasteiger partial charge is 0.254 e. The van der Waals surface area contributed by atoms with Crippen molar-refractivity contribution in [2.24, 2.45) is 0 Å². The molecule has 1 unspecified atom stereocenters. The first-order chi connectivity index (χ1) is 9.24. The van der Waals surface area contributed by atoms with Crippen LogP contribution in [0, 0.1) is 0 Å². The molecule has 0 spiro atoms. The van der Waals surface area contributed by atoms with Gasteiger partial charge in [0.1, 0.15) is 5.75 Å². The largest absolute Gasteiger partial charge is 0.497 e. The summed E-state index contributed by atoms with van der Waals surface area (Å²) in [5.41, 5.74) is 0.657. The zero-order valence-electron chi connectivity index (χ0n) is 11.4. The number of benzene rings is 1. The van der Waals surface area contributed by atoms with Crippen LogP contribution in [0.1, 0.15) is 10.4 Å². The first kappa shape index (κ1) is 13.8. The van der Waals surface area contributed by atoms with Crippen LogP contribution in [0.3, 0.4) is 0 Å². The second-order valence-corrected chi connectivity index (χ2v) is 4.53. The fraction of sp³-hybridized carbons (Fsp3) is 0.500. The van der Waals surface area contributed by atoms with Crippen LogP contribution in [-0.2, 0) is 4.74 Å². The number of carbonyl (C=O) groups excluding carboxylic acids is 1. The standard InChI is InChI=1S/C14H20N2O3/c1-15-9-13-10-16(6-7-19-13)14(17)11-4-3-5-12(8-11)18-2/h3-5,8,13,15H,6-7,9-10H2,1-2H3. The van der Waals surface area contributed by atoms with Crippen molar-refractivity contribution in [3.63, 3.8) is 0 Å². The van der Waals surface area contributed by atoms with Gasteiger partial charge in [-0.2, -0.15) is 0 Å². The summed E-state index contributed by atoms with van der Waals surface area (Å²) >= 11 is 0. The SMILES string of the molecule is CNCC1CN(C(=O)c2cccc(OC)c2)CCO1. The Morgan fingerprint density at radius 3 is 3.16 bits per heavy atom. The molecule has 0 bridgehead atoms. The maximum atomic E-state index is 12.4. The fourth-order valence-electron chi connectivity index (χ4n) is 2.19. The fourth-order valence-corrected chi connectivity index (χ4v) is 2.19. The molecule has 0 saturated carbocycles. The predicted molar refractivity (Wildman–Crippen MR) is 72.6 cm³/mol. The molecule has 0 aromatic heterocycles. The van der Waals surface area contributed by atoms with Crippen LogP contribution >= 0.6 is 0 Å². The lowest BCUT2D eigenvalue weighted by molar-refractivity contribution is -0.0196. The molecule has 104 valence electrons. The average molecular weight is 264 g/mol. The van der Waals surface area contributed by atoms with E-state index in [4.69, 9.17) is 9.47 Å². The molecule has 1 aromatic carbocycles. The maximum absolute atomic E-state index is 12.4.